The molecule has 1 atom stereocenters. The van der Waals surface area contributed by atoms with Crippen molar-refractivity contribution in [3.05, 3.63) is 87.2 Å². The Morgan fingerprint density at radius 3 is 2.67 bits per heavy atom. The zero-order valence-corrected chi connectivity index (χ0v) is 17.0. The van der Waals surface area contributed by atoms with Crippen molar-refractivity contribution in [2.75, 3.05) is 11.5 Å². The van der Waals surface area contributed by atoms with Crippen LogP contribution in [0.2, 0.25) is 0 Å². The molecule has 0 spiro atoms. The predicted molar refractivity (Wildman–Crippen MR) is 115 cm³/mol. The lowest BCUT2D eigenvalue weighted by atomic mass is 9.98. The number of anilines is 1. The van der Waals surface area contributed by atoms with Crippen LogP contribution in [0, 0.1) is 0 Å². The lowest BCUT2D eigenvalue weighted by Gasteiger charge is -2.22. The smallest absolute Gasteiger partial charge is 0.297 e. The minimum absolute atomic E-state index is 0.0743. The first kappa shape index (κ1) is 18.6. The molecule has 1 unspecified atom stereocenters. The first-order valence-corrected chi connectivity index (χ1v) is 10.6. The quantitative estimate of drug-likeness (QED) is 0.466. The minimum atomic E-state index is -0.611. The summed E-state index contributed by atoms with van der Waals surface area (Å²) in [4.78, 5) is 32.6. The number of hydrogen-bond acceptors (Lipinski definition) is 6. The molecule has 7 heteroatoms. The Bertz CT molecular complexity index is 1280. The summed E-state index contributed by atoms with van der Waals surface area (Å²) in [6.07, 6.45) is 2.55. The van der Waals surface area contributed by atoms with Gasteiger partial charge < -0.3 is 9.15 Å². The van der Waals surface area contributed by atoms with E-state index in [1.165, 1.54) is 11.3 Å². The molecule has 150 valence electrons. The van der Waals surface area contributed by atoms with Gasteiger partial charge in [-0.3, -0.25) is 14.5 Å². The van der Waals surface area contributed by atoms with Crippen molar-refractivity contribution in [3.63, 3.8) is 0 Å². The summed E-state index contributed by atoms with van der Waals surface area (Å²) >= 11 is 1.34. The van der Waals surface area contributed by atoms with E-state index in [0.717, 1.165) is 17.7 Å². The van der Waals surface area contributed by atoms with Crippen molar-refractivity contribution in [3.8, 4) is 5.75 Å². The van der Waals surface area contributed by atoms with Crippen molar-refractivity contribution in [1.29, 1.82) is 0 Å². The SMILES string of the molecule is CCCOc1ccc(C2c3c(oc4ccccc4c3=O)C(=O)N2c2nccs2)cc1. The molecule has 3 heterocycles. The van der Waals surface area contributed by atoms with E-state index in [4.69, 9.17) is 9.15 Å². The number of ether oxygens (including phenoxy) is 1. The number of carbonyl (C=O) groups excluding carboxylic acids is 1. The Morgan fingerprint density at radius 2 is 1.93 bits per heavy atom. The third-order valence-electron chi connectivity index (χ3n) is 5.07. The maximum Gasteiger partial charge on any atom is 0.297 e. The second-order valence-corrected chi connectivity index (χ2v) is 7.85. The van der Waals surface area contributed by atoms with Crippen molar-refractivity contribution >= 4 is 33.3 Å². The fourth-order valence-electron chi connectivity index (χ4n) is 3.73. The predicted octanol–water partition coefficient (Wildman–Crippen LogP) is 4.79. The average Bonchev–Trinajstić information content (AvgIpc) is 3.40. The van der Waals surface area contributed by atoms with Gasteiger partial charge in [-0.25, -0.2) is 4.98 Å². The number of carbonyl (C=O) groups is 1. The van der Waals surface area contributed by atoms with Gasteiger partial charge >= 0.3 is 0 Å². The van der Waals surface area contributed by atoms with Gasteiger partial charge in [0.25, 0.3) is 5.91 Å². The lowest BCUT2D eigenvalue weighted by Crippen LogP contribution is -2.29. The molecule has 0 bridgehead atoms. The Hall–Kier alpha value is -3.45. The number of nitrogens with zero attached hydrogens (tertiary/aromatic N) is 2. The molecule has 2 aromatic carbocycles. The Morgan fingerprint density at radius 1 is 1.13 bits per heavy atom. The molecule has 0 fully saturated rings. The third-order valence-corrected chi connectivity index (χ3v) is 5.84. The van der Waals surface area contributed by atoms with E-state index < -0.39 is 6.04 Å². The molecule has 4 aromatic rings. The summed E-state index contributed by atoms with van der Waals surface area (Å²) in [5.41, 5.74) is 1.34. The molecule has 1 aliphatic heterocycles. The number of para-hydroxylation sites is 1. The van der Waals surface area contributed by atoms with Crippen LogP contribution in [0.25, 0.3) is 11.0 Å². The summed E-state index contributed by atoms with van der Waals surface area (Å²) in [6.45, 7) is 2.68. The molecular formula is C23H18N2O4S. The molecule has 0 saturated heterocycles. The van der Waals surface area contributed by atoms with Crippen LogP contribution in [0.1, 0.15) is 41.1 Å². The molecular weight excluding hydrogens is 400 g/mol. The van der Waals surface area contributed by atoms with Crippen LogP contribution < -0.4 is 15.1 Å². The average molecular weight is 418 g/mol. The first-order valence-electron chi connectivity index (χ1n) is 9.70. The fourth-order valence-corrected chi connectivity index (χ4v) is 4.40. The van der Waals surface area contributed by atoms with Gasteiger partial charge in [-0.05, 0) is 36.2 Å². The van der Waals surface area contributed by atoms with Gasteiger partial charge in [0.1, 0.15) is 11.3 Å². The van der Waals surface area contributed by atoms with E-state index in [1.54, 1.807) is 40.7 Å². The maximum atomic E-state index is 13.4. The normalized spacial score (nSPS) is 15.6. The van der Waals surface area contributed by atoms with E-state index in [0.29, 0.717) is 28.3 Å². The van der Waals surface area contributed by atoms with E-state index in [1.807, 2.05) is 31.2 Å². The van der Waals surface area contributed by atoms with E-state index in [-0.39, 0.29) is 17.1 Å². The second kappa shape index (κ2) is 7.42. The van der Waals surface area contributed by atoms with Crippen molar-refractivity contribution < 1.29 is 13.9 Å². The van der Waals surface area contributed by atoms with Gasteiger partial charge in [0.05, 0.1) is 23.6 Å². The Kier molecular flexibility index (Phi) is 4.59. The molecule has 30 heavy (non-hydrogen) atoms. The van der Waals surface area contributed by atoms with Crippen LogP contribution in [0.15, 0.2) is 69.3 Å². The Balaban J connectivity index is 1.70. The summed E-state index contributed by atoms with van der Waals surface area (Å²) in [5, 5.41) is 2.78. The molecule has 6 nitrogen and oxygen atoms in total. The molecule has 0 N–H and O–H groups in total. The van der Waals surface area contributed by atoms with Crippen LogP contribution in [0.3, 0.4) is 0 Å². The number of hydrogen-bond donors (Lipinski definition) is 0. The summed E-state index contributed by atoms with van der Waals surface area (Å²) < 4.78 is 11.6. The first-order chi connectivity index (χ1) is 14.7. The monoisotopic (exact) mass is 418 g/mol. The molecule has 0 saturated carbocycles. The molecule has 0 radical (unpaired) electrons. The summed E-state index contributed by atoms with van der Waals surface area (Å²) in [5.74, 6) is 0.459. The molecule has 2 aromatic heterocycles. The number of aromatic nitrogens is 1. The zero-order chi connectivity index (χ0) is 20.7. The zero-order valence-electron chi connectivity index (χ0n) is 16.2. The van der Waals surface area contributed by atoms with Gasteiger partial charge in [0, 0.05) is 11.6 Å². The maximum absolute atomic E-state index is 13.4. The van der Waals surface area contributed by atoms with Gasteiger partial charge in [0.15, 0.2) is 10.6 Å². The molecule has 1 amide bonds. The van der Waals surface area contributed by atoms with Crippen LogP contribution in [0.5, 0.6) is 5.75 Å². The van der Waals surface area contributed by atoms with Crippen molar-refractivity contribution in [2.45, 2.75) is 19.4 Å². The highest BCUT2D eigenvalue weighted by Gasteiger charge is 2.44. The van der Waals surface area contributed by atoms with Crippen LogP contribution in [-0.4, -0.2) is 17.5 Å². The number of rotatable bonds is 5. The van der Waals surface area contributed by atoms with E-state index >= 15 is 0 Å². The minimum Gasteiger partial charge on any atom is -0.494 e. The Labute approximate surface area is 176 Å². The van der Waals surface area contributed by atoms with Crippen molar-refractivity contribution in [2.24, 2.45) is 0 Å². The van der Waals surface area contributed by atoms with Gasteiger partial charge in [-0.2, -0.15) is 0 Å². The second-order valence-electron chi connectivity index (χ2n) is 6.98. The van der Waals surface area contributed by atoms with Crippen molar-refractivity contribution in [1.82, 2.24) is 4.98 Å². The number of thiazole rings is 1. The highest BCUT2D eigenvalue weighted by molar-refractivity contribution is 7.13. The molecule has 5 rings (SSSR count). The van der Waals surface area contributed by atoms with Crippen LogP contribution in [0.4, 0.5) is 5.13 Å². The fraction of sp³-hybridized carbons (Fsp3) is 0.174. The standard InChI is InChI=1S/C23H18N2O4S/c1-2-12-28-15-9-7-14(8-10-15)19-18-20(26)16-5-3-4-6-17(16)29-21(18)22(27)25(19)23-24-11-13-30-23/h3-11,13,19H,2,12H2,1H3. The van der Waals surface area contributed by atoms with Gasteiger partial charge in [0.2, 0.25) is 5.76 Å². The number of benzene rings is 2. The van der Waals surface area contributed by atoms with E-state index in [9.17, 15) is 9.59 Å². The summed E-state index contributed by atoms with van der Waals surface area (Å²) in [7, 11) is 0. The van der Waals surface area contributed by atoms with Crippen LogP contribution >= 0.6 is 11.3 Å². The van der Waals surface area contributed by atoms with E-state index in [2.05, 4.69) is 4.98 Å². The van der Waals surface area contributed by atoms with Gasteiger partial charge in [-0.15, -0.1) is 11.3 Å². The number of fused-ring (bicyclic) bond motifs is 2. The molecule has 1 aliphatic rings. The topological polar surface area (TPSA) is 72.6 Å². The summed E-state index contributed by atoms with van der Waals surface area (Å²) in [6, 6.07) is 13.9. The largest absolute Gasteiger partial charge is 0.494 e. The van der Waals surface area contributed by atoms with Gasteiger partial charge in [-0.1, -0.05) is 31.2 Å². The number of amides is 1. The highest BCUT2D eigenvalue weighted by Crippen LogP contribution is 2.42. The lowest BCUT2D eigenvalue weighted by molar-refractivity contribution is 0.0971. The van der Waals surface area contributed by atoms with Crippen LogP contribution in [-0.2, 0) is 0 Å². The third kappa shape index (κ3) is 2.90. The highest BCUT2D eigenvalue weighted by atomic mass is 32.1. The molecule has 0 aliphatic carbocycles.